The summed E-state index contributed by atoms with van der Waals surface area (Å²) in [5, 5.41) is 0. The molecule has 0 spiro atoms. The zero-order valence-electron chi connectivity index (χ0n) is 10.0. The molecular weight excluding hydrogens is 210 g/mol. The van der Waals surface area contributed by atoms with E-state index in [4.69, 9.17) is 0 Å². The van der Waals surface area contributed by atoms with Crippen molar-refractivity contribution in [2.75, 3.05) is 0 Å². The van der Waals surface area contributed by atoms with Gasteiger partial charge in [0.15, 0.2) is 0 Å². The Hall–Kier alpha value is -0.220. The van der Waals surface area contributed by atoms with E-state index >= 15 is 0 Å². The van der Waals surface area contributed by atoms with Gasteiger partial charge in [0.05, 0.1) is 15.7 Å². The molecule has 0 aromatic rings. The average Bonchev–Trinajstić information content (AvgIpc) is 2.11. The van der Waals surface area contributed by atoms with Gasteiger partial charge in [0.1, 0.15) is 5.78 Å². The van der Waals surface area contributed by atoms with Gasteiger partial charge in [0.25, 0.3) is 0 Å². The minimum atomic E-state index is -1.07. The fourth-order valence-corrected chi connectivity index (χ4v) is 2.62. The van der Waals surface area contributed by atoms with Crippen LogP contribution in [0, 0.1) is 5.92 Å². The van der Waals surface area contributed by atoms with Gasteiger partial charge in [-0.25, -0.2) is 8.93 Å². The van der Waals surface area contributed by atoms with Crippen molar-refractivity contribution in [1.29, 1.82) is 0 Å². The number of Topliss-reactive ketones (excluding diaryl/α,β-unsaturated/α-hetero) is 1. The Morgan fingerprint density at radius 2 is 2.00 bits per heavy atom. The molecule has 1 N–H and O–H groups in total. The summed E-state index contributed by atoms with van der Waals surface area (Å²) in [6.07, 6.45) is 2.55. The maximum Gasteiger partial charge on any atom is 0.137 e. The monoisotopic (exact) mass is 231 g/mol. The molecule has 1 saturated carbocycles. The lowest BCUT2D eigenvalue weighted by molar-refractivity contribution is -0.124. The second-order valence-electron chi connectivity index (χ2n) is 5.25. The molecule has 4 heteroatoms. The number of carbonyl (C=O) groups is 1. The van der Waals surface area contributed by atoms with E-state index in [2.05, 4.69) is 4.72 Å². The molecule has 15 heavy (non-hydrogen) atoms. The normalized spacial score (nSPS) is 30.3. The van der Waals surface area contributed by atoms with Crippen LogP contribution in [0.2, 0.25) is 0 Å². The van der Waals surface area contributed by atoms with Crippen molar-refractivity contribution < 1.29 is 9.00 Å². The largest absolute Gasteiger partial charge is 0.299 e. The maximum absolute atomic E-state index is 11.9. The fourth-order valence-electron chi connectivity index (χ4n) is 1.67. The third kappa shape index (κ3) is 3.38. The standard InChI is InChI=1S/C11H21NO2S/c1-8-9(6-5-7-10(8)13)12-15(14)11(2,3)4/h8-9,12H,5-7H2,1-4H3/t8-,9?,15?/m1/s1. The van der Waals surface area contributed by atoms with Crippen LogP contribution in [0.5, 0.6) is 0 Å². The van der Waals surface area contributed by atoms with Crippen molar-refractivity contribution >= 4 is 16.8 Å². The highest BCUT2D eigenvalue weighted by molar-refractivity contribution is 7.84. The zero-order valence-corrected chi connectivity index (χ0v) is 10.8. The van der Waals surface area contributed by atoms with Crippen LogP contribution < -0.4 is 4.72 Å². The number of nitrogens with one attached hydrogen (secondary N) is 1. The molecule has 0 aromatic heterocycles. The van der Waals surface area contributed by atoms with Crippen molar-refractivity contribution in [1.82, 2.24) is 4.72 Å². The van der Waals surface area contributed by atoms with Gasteiger partial charge >= 0.3 is 0 Å². The first-order valence-corrected chi connectivity index (χ1v) is 6.68. The van der Waals surface area contributed by atoms with Gasteiger partial charge in [0, 0.05) is 18.4 Å². The fraction of sp³-hybridized carbons (Fsp3) is 0.909. The maximum atomic E-state index is 11.9. The van der Waals surface area contributed by atoms with Crippen molar-refractivity contribution in [3.05, 3.63) is 0 Å². The summed E-state index contributed by atoms with van der Waals surface area (Å²) in [4.78, 5) is 11.5. The highest BCUT2D eigenvalue weighted by Crippen LogP contribution is 2.22. The number of hydrogen-bond donors (Lipinski definition) is 1. The number of rotatable bonds is 2. The first kappa shape index (κ1) is 12.8. The second-order valence-corrected chi connectivity index (χ2v) is 7.25. The molecule has 88 valence electrons. The Balaban J connectivity index is 2.58. The van der Waals surface area contributed by atoms with Crippen molar-refractivity contribution in [3.63, 3.8) is 0 Å². The summed E-state index contributed by atoms with van der Waals surface area (Å²) >= 11 is 0. The molecule has 0 aromatic carbocycles. The van der Waals surface area contributed by atoms with E-state index in [1.54, 1.807) is 0 Å². The van der Waals surface area contributed by atoms with Crippen LogP contribution in [0.3, 0.4) is 0 Å². The SMILES string of the molecule is C[C@H]1C(=O)CCCC1NS(=O)C(C)(C)C. The van der Waals surface area contributed by atoms with Gasteiger partial charge in [-0.05, 0) is 33.6 Å². The molecule has 0 bridgehead atoms. The van der Waals surface area contributed by atoms with Gasteiger partial charge in [-0.2, -0.15) is 0 Å². The lowest BCUT2D eigenvalue weighted by Gasteiger charge is -2.30. The van der Waals surface area contributed by atoms with Crippen LogP contribution in [-0.2, 0) is 15.8 Å². The van der Waals surface area contributed by atoms with Gasteiger partial charge in [-0.1, -0.05) is 6.92 Å². The predicted octanol–water partition coefficient (Wildman–Crippen LogP) is 1.80. The molecular formula is C11H21NO2S. The highest BCUT2D eigenvalue weighted by Gasteiger charge is 2.31. The molecule has 1 aliphatic rings. The van der Waals surface area contributed by atoms with Crippen LogP contribution in [0.1, 0.15) is 47.0 Å². The number of ketones is 1. The summed E-state index contributed by atoms with van der Waals surface area (Å²) in [6.45, 7) is 7.74. The van der Waals surface area contributed by atoms with Crippen LogP contribution >= 0.6 is 0 Å². The zero-order chi connectivity index (χ0) is 11.6. The molecule has 0 heterocycles. The Kier molecular flexibility index (Phi) is 4.06. The molecule has 0 amide bonds. The average molecular weight is 231 g/mol. The Morgan fingerprint density at radius 3 is 2.53 bits per heavy atom. The number of carbonyl (C=O) groups excluding carboxylic acids is 1. The minimum Gasteiger partial charge on any atom is -0.299 e. The molecule has 1 aliphatic carbocycles. The van der Waals surface area contributed by atoms with Crippen LogP contribution in [0.25, 0.3) is 0 Å². The Bertz CT molecular complexity index is 270. The summed E-state index contributed by atoms with van der Waals surface area (Å²) in [7, 11) is -1.07. The van der Waals surface area contributed by atoms with Crippen molar-refractivity contribution in [2.45, 2.75) is 57.7 Å². The van der Waals surface area contributed by atoms with E-state index in [0.717, 1.165) is 12.8 Å². The first-order valence-electron chi connectivity index (χ1n) is 5.53. The second kappa shape index (κ2) is 4.74. The lowest BCUT2D eigenvalue weighted by Crippen LogP contribution is -2.46. The van der Waals surface area contributed by atoms with Gasteiger partial charge < -0.3 is 0 Å². The summed E-state index contributed by atoms with van der Waals surface area (Å²) in [6, 6.07) is 0.0892. The molecule has 1 fully saturated rings. The molecule has 0 aliphatic heterocycles. The molecule has 1 rings (SSSR count). The van der Waals surface area contributed by atoms with Crippen molar-refractivity contribution in [2.24, 2.45) is 5.92 Å². The third-order valence-electron chi connectivity index (χ3n) is 2.86. The van der Waals surface area contributed by atoms with Crippen molar-refractivity contribution in [3.8, 4) is 0 Å². The molecule has 3 atom stereocenters. The predicted molar refractivity (Wildman–Crippen MR) is 62.8 cm³/mol. The smallest absolute Gasteiger partial charge is 0.137 e. The van der Waals surface area contributed by atoms with E-state index in [9.17, 15) is 9.00 Å². The van der Waals surface area contributed by atoms with Gasteiger partial charge in [0.2, 0.25) is 0 Å². The highest BCUT2D eigenvalue weighted by atomic mass is 32.2. The molecule has 0 radical (unpaired) electrons. The lowest BCUT2D eigenvalue weighted by atomic mass is 9.85. The third-order valence-corrected chi connectivity index (χ3v) is 4.49. The Labute approximate surface area is 94.6 Å². The van der Waals surface area contributed by atoms with E-state index in [-0.39, 0.29) is 16.7 Å². The van der Waals surface area contributed by atoms with Crippen LogP contribution in [0.15, 0.2) is 0 Å². The van der Waals surface area contributed by atoms with E-state index in [1.165, 1.54) is 0 Å². The van der Waals surface area contributed by atoms with E-state index in [1.807, 2.05) is 27.7 Å². The molecule has 2 unspecified atom stereocenters. The first-order chi connectivity index (χ1) is 6.82. The Morgan fingerprint density at radius 1 is 1.40 bits per heavy atom. The number of hydrogen-bond acceptors (Lipinski definition) is 2. The summed E-state index contributed by atoms with van der Waals surface area (Å²) < 4.78 is 14.7. The van der Waals surface area contributed by atoms with E-state index in [0.29, 0.717) is 12.2 Å². The van der Waals surface area contributed by atoms with E-state index < -0.39 is 11.0 Å². The topological polar surface area (TPSA) is 46.2 Å². The molecule has 0 saturated heterocycles. The molecule has 3 nitrogen and oxygen atoms in total. The van der Waals surface area contributed by atoms with Gasteiger partial charge in [-0.15, -0.1) is 0 Å². The summed E-state index contributed by atoms with van der Waals surface area (Å²) in [5.74, 6) is 0.301. The quantitative estimate of drug-likeness (QED) is 0.787. The van der Waals surface area contributed by atoms with Gasteiger partial charge in [-0.3, -0.25) is 4.79 Å². The van der Waals surface area contributed by atoms with Crippen LogP contribution in [-0.4, -0.2) is 20.8 Å². The van der Waals surface area contributed by atoms with Crippen LogP contribution in [0.4, 0.5) is 0 Å². The summed E-state index contributed by atoms with van der Waals surface area (Å²) in [5.41, 5.74) is 0. The minimum absolute atomic E-state index is 0.00468.